The molecule has 34 heavy (non-hydrogen) atoms. The largest absolute Gasteiger partial charge is 0.372 e. The minimum absolute atomic E-state index is 0.0328. The Balaban J connectivity index is 1.89. The summed E-state index contributed by atoms with van der Waals surface area (Å²) in [7, 11) is 1.80. The second-order valence-corrected chi connectivity index (χ2v) is 8.96. The van der Waals surface area contributed by atoms with Gasteiger partial charge in [0, 0.05) is 36.5 Å². The van der Waals surface area contributed by atoms with Gasteiger partial charge in [-0.15, -0.1) is 0 Å². The van der Waals surface area contributed by atoms with Gasteiger partial charge in [0.15, 0.2) is 0 Å². The van der Waals surface area contributed by atoms with Crippen molar-refractivity contribution in [2.75, 3.05) is 18.5 Å². The summed E-state index contributed by atoms with van der Waals surface area (Å²) in [5, 5.41) is 23.3. The number of allylic oxidation sites excluding steroid dienone is 1. The van der Waals surface area contributed by atoms with E-state index in [9.17, 15) is 20.2 Å². The number of hydrogen-bond acceptors (Lipinski definition) is 5. The predicted molar refractivity (Wildman–Crippen MR) is 129 cm³/mol. The minimum Gasteiger partial charge on any atom is -0.372 e. The molecule has 0 saturated heterocycles. The topological polar surface area (TPSA) is 99.7 Å². The smallest absolute Gasteiger partial charge is 0.317 e. The van der Waals surface area contributed by atoms with Gasteiger partial charge < -0.3 is 15.1 Å². The van der Waals surface area contributed by atoms with Crippen molar-refractivity contribution < 1.29 is 14.9 Å². The highest BCUT2D eigenvalue weighted by atomic mass is 16.6. The van der Waals surface area contributed by atoms with Crippen LogP contribution in [-0.4, -0.2) is 40.6 Å². The molecule has 0 atom stereocenters. The third-order valence-corrected chi connectivity index (χ3v) is 6.55. The Kier molecular flexibility index (Phi) is 7.12. The van der Waals surface area contributed by atoms with Crippen LogP contribution < -0.4 is 10.2 Å². The first-order valence-corrected chi connectivity index (χ1v) is 11.7. The summed E-state index contributed by atoms with van der Waals surface area (Å²) >= 11 is 0. The zero-order valence-corrected chi connectivity index (χ0v) is 19.4. The van der Waals surface area contributed by atoms with E-state index in [1.54, 1.807) is 22.9 Å². The molecule has 1 aliphatic carbocycles. The highest BCUT2D eigenvalue weighted by molar-refractivity contribution is 5.97. The monoisotopic (exact) mass is 460 g/mol. The van der Waals surface area contributed by atoms with Gasteiger partial charge in [0.2, 0.25) is 5.91 Å². The van der Waals surface area contributed by atoms with Gasteiger partial charge in [-0.3, -0.25) is 4.79 Å². The Labute approximate surface area is 199 Å². The fraction of sp³-hybridized carbons (Fsp3) is 0.385. The Hall–Kier alpha value is -3.86. The van der Waals surface area contributed by atoms with E-state index in [1.165, 1.54) is 25.0 Å². The quantitative estimate of drug-likeness (QED) is 0.388. The highest BCUT2D eigenvalue weighted by Crippen LogP contribution is 2.37. The minimum atomic E-state index is -0.197. The number of rotatable bonds is 5. The first kappa shape index (κ1) is 23.3. The Morgan fingerprint density at radius 3 is 2.50 bits per heavy atom. The van der Waals surface area contributed by atoms with Crippen LogP contribution >= 0.6 is 0 Å². The summed E-state index contributed by atoms with van der Waals surface area (Å²) in [5.41, 5.74) is 2.96. The molecular formula is C26H30N5O3+. The lowest BCUT2D eigenvalue weighted by molar-refractivity contribution is -0.729. The number of nitriles is 1. The van der Waals surface area contributed by atoms with Gasteiger partial charge in [-0.1, -0.05) is 56.0 Å². The molecule has 4 rings (SSSR count). The number of fused-ring (bicyclic) bond motifs is 1. The Morgan fingerprint density at radius 2 is 1.85 bits per heavy atom. The highest BCUT2D eigenvalue weighted by Gasteiger charge is 2.33. The van der Waals surface area contributed by atoms with E-state index in [4.69, 9.17) is 0 Å². The maximum absolute atomic E-state index is 13.5. The maximum Gasteiger partial charge on any atom is 0.317 e. The van der Waals surface area contributed by atoms with E-state index < -0.39 is 0 Å². The lowest BCUT2D eigenvalue weighted by Crippen LogP contribution is -2.37. The van der Waals surface area contributed by atoms with Gasteiger partial charge >= 0.3 is 5.69 Å². The molecule has 176 valence electrons. The zero-order valence-electron chi connectivity index (χ0n) is 19.4. The zero-order chi connectivity index (χ0) is 24.1. The lowest BCUT2D eigenvalue weighted by atomic mass is 10.0. The second kappa shape index (κ2) is 10.4. The molecule has 2 aliphatic rings. The summed E-state index contributed by atoms with van der Waals surface area (Å²) < 4.78 is 0. The number of benzene rings is 2. The molecule has 1 fully saturated rings. The third-order valence-electron chi connectivity index (χ3n) is 6.55. The molecule has 0 bridgehead atoms. The standard InChI is InChI=1S/C26H30N5O3/c1-29-18-25(32)30(17-19-9-5-4-6-10-19)26(22-15-21(31(33)34)13-14-24(22)29)23(16-27)28-20-11-7-2-3-8-12-20/h4-6,9-10,13-15,20,28H,2-3,7-8,11-12,17-18H2,1H3,(H,33,34)/q+1/b26-23-. The molecule has 0 spiro atoms. The molecule has 1 saturated carbocycles. The number of likely N-dealkylation sites (N-methyl/N-ethyl adjacent to an activating group) is 1. The van der Waals surface area contributed by atoms with E-state index >= 15 is 0 Å². The Morgan fingerprint density at radius 1 is 1.15 bits per heavy atom. The van der Waals surface area contributed by atoms with Crippen molar-refractivity contribution in [1.82, 2.24) is 10.2 Å². The molecule has 0 unspecified atom stereocenters. The van der Waals surface area contributed by atoms with Crippen LogP contribution in [-0.2, 0) is 11.3 Å². The molecule has 1 amide bonds. The molecule has 2 aromatic carbocycles. The van der Waals surface area contributed by atoms with Crippen LogP contribution in [0.4, 0.5) is 11.4 Å². The molecule has 0 aromatic heterocycles. The maximum atomic E-state index is 13.5. The van der Waals surface area contributed by atoms with Crippen LogP contribution in [0.3, 0.4) is 0 Å². The van der Waals surface area contributed by atoms with Gasteiger partial charge in [-0.25, -0.2) is 5.21 Å². The molecule has 8 nitrogen and oxygen atoms in total. The predicted octanol–water partition coefficient (Wildman–Crippen LogP) is 4.47. The molecule has 1 heterocycles. The van der Waals surface area contributed by atoms with Crippen LogP contribution in [0.2, 0.25) is 0 Å². The van der Waals surface area contributed by atoms with Gasteiger partial charge in [0.1, 0.15) is 11.8 Å². The van der Waals surface area contributed by atoms with E-state index in [2.05, 4.69) is 11.4 Å². The normalized spacial score (nSPS) is 18.4. The van der Waals surface area contributed by atoms with Gasteiger partial charge in [-0.05, 0) is 24.5 Å². The van der Waals surface area contributed by atoms with Crippen molar-refractivity contribution in [3.8, 4) is 6.07 Å². The molecule has 2 aromatic rings. The van der Waals surface area contributed by atoms with Crippen molar-refractivity contribution in [1.29, 1.82) is 5.26 Å². The van der Waals surface area contributed by atoms with Crippen LogP contribution in [0, 0.1) is 16.2 Å². The number of anilines is 1. The van der Waals surface area contributed by atoms with Crippen LogP contribution in [0.15, 0.2) is 54.2 Å². The third kappa shape index (κ3) is 5.04. The van der Waals surface area contributed by atoms with Crippen molar-refractivity contribution in [2.24, 2.45) is 0 Å². The van der Waals surface area contributed by atoms with E-state index in [0.29, 0.717) is 22.6 Å². The average Bonchev–Trinajstić information content (AvgIpc) is 3.16. The van der Waals surface area contributed by atoms with Crippen molar-refractivity contribution in [3.05, 3.63) is 70.3 Å². The van der Waals surface area contributed by atoms with Gasteiger partial charge in [-0.2, -0.15) is 5.26 Å². The molecular weight excluding hydrogens is 430 g/mol. The molecule has 1 aliphatic heterocycles. The van der Waals surface area contributed by atoms with E-state index in [-0.39, 0.29) is 35.6 Å². The number of carbonyl (C=O) groups is 1. The summed E-state index contributed by atoms with van der Waals surface area (Å²) in [6, 6.07) is 16.8. The summed E-state index contributed by atoms with van der Waals surface area (Å²) in [4.78, 5) is 28.4. The lowest BCUT2D eigenvalue weighted by Gasteiger charge is -2.27. The van der Waals surface area contributed by atoms with Crippen molar-refractivity contribution >= 4 is 23.0 Å². The number of nitrogens with one attached hydrogen (secondary N) is 1. The van der Waals surface area contributed by atoms with Gasteiger partial charge in [0.25, 0.3) is 4.92 Å². The summed E-state index contributed by atoms with van der Waals surface area (Å²) in [6.07, 6.45) is 6.48. The fourth-order valence-corrected chi connectivity index (χ4v) is 4.79. The SMILES string of the molecule is CN1CC(=O)N(Cc2ccccc2)/C(=C(/C#N)NC2CCCCCC2)c2cc([N+](=O)O)ccc21. The number of carbonyl (C=O) groups excluding carboxylic acids is 1. The molecule has 0 radical (unpaired) electrons. The summed E-state index contributed by atoms with van der Waals surface area (Å²) in [6.45, 7) is 0.398. The average molecular weight is 461 g/mol. The van der Waals surface area contributed by atoms with Crippen LogP contribution in [0.25, 0.3) is 5.70 Å². The van der Waals surface area contributed by atoms with Crippen molar-refractivity contribution in [3.63, 3.8) is 0 Å². The van der Waals surface area contributed by atoms with E-state index in [1.807, 2.05) is 30.3 Å². The van der Waals surface area contributed by atoms with E-state index in [0.717, 1.165) is 31.2 Å². The molecule has 8 heteroatoms. The second-order valence-electron chi connectivity index (χ2n) is 8.96. The van der Waals surface area contributed by atoms with Crippen LogP contribution in [0.5, 0.6) is 0 Å². The Bertz CT molecular complexity index is 1130. The molecule has 2 N–H and O–H groups in total. The number of nitrogens with zero attached hydrogens (tertiary/aromatic N) is 4. The first-order chi connectivity index (χ1) is 16.5. The fourth-order valence-electron chi connectivity index (χ4n) is 4.79. The van der Waals surface area contributed by atoms with Gasteiger partial charge in [0.05, 0.1) is 23.7 Å². The number of hydrogen-bond donors (Lipinski definition) is 2. The number of amides is 1. The first-order valence-electron chi connectivity index (χ1n) is 11.7. The van der Waals surface area contributed by atoms with Crippen molar-refractivity contribution in [2.45, 2.75) is 51.1 Å². The summed E-state index contributed by atoms with van der Waals surface area (Å²) in [5.74, 6) is -0.155. The van der Waals surface area contributed by atoms with Crippen LogP contribution in [0.1, 0.15) is 49.7 Å².